The highest BCUT2D eigenvalue weighted by atomic mass is 16.4. The van der Waals surface area contributed by atoms with Crippen molar-refractivity contribution in [2.45, 2.75) is 58.8 Å². The fourth-order valence-corrected chi connectivity index (χ4v) is 4.77. The van der Waals surface area contributed by atoms with E-state index in [4.69, 9.17) is 5.11 Å². The molecule has 2 aliphatic carbocycles. The number of fused-ring (bicyclic) bond motifs is 1. The van der Waals surface area contributed by atoms with Crippen molar-refractivity contribution < 1.29 is 15.0 Å². The van der Waals surface area contributed by atoms with E-state index >= 15 is 0 Å². The molecule has 3 atom stereocenters. The van der Waals surface area contributed by atoms with E-state index in [9.17, 15) is 9.90 Å². The van der Waals surface area contributed by atoms with Crippen molar-refractivity contribution in [2.24, 2.45) is 16.7 Å². The molecule has 0 aliphatic heterocycles. The Kier molecular flexibility index (Phi) is 4.62. The Hall–Kier alpha value is -1.09. The van der Waals surface area contributed by atoms with Gasteiger partial charge in [-0.25, -0.2) is 0 Å². The number of rotatable bonds is 5. The van der Waals surface area contributed by atoms with E-state index in [1.165, 1.54) is 5.57 Å². The first-order chi connectivity index (χ1) is 9.85. The van der Waals surface area contributed by atoms with Crippen molar-refractivity contribution in [3.63, 3.8) is 0 Å². The van der Waals surface area contributed by atoms with Crippen molar-refractivity contribution >= 4 is 5.97 Å². The zero-order chi connectivity index (χ0) is 15.7. The molecule has 0 spiro atoms. The molecule has 0 bridgehead atoms. The van der Waals surface area contributed by atoms with E-state index in [-0.39, 0.29) is 23.9 Å². The predicted molar refractivity (Wildman–Crippen MR) is 84.0 cm³/mol. The lowest BCUT2D eigenvalue weighted by atomic mass is 9.50. The van der Waals surface area contributed by atoms with Crippen LogP contribution in [0, 0.1) is 16.7 Å². The van der Waals surface area contributed by atoms with E-state index < -0.39 is 5.97 Å². The zero-order valence-corrected chi connectivity index (χ0v) is 13.3. The first-order valence-corrected chi connectivity index (χ1v) is 8.05. The Morgan fingerprint density at radius 2 is 2.19 bits per heavy atom. The standard InChI is InChI=1S/C18H28O3/c1-13(2)14-7-11-18(12-19)9-5-4-6-15(18)17(14,3)10-8-16(20)21/h6,14,19H,1,4-5,7-12H2,2-3H3,(H,20,21)/t14-,17-,18+/m0/s1. The Bertz CT molecular complexity index is 465. The summed E-state index contributed by atoms with van der Waals surface area (Å²) in [5.74, 6) is -0.422. The van der Waals surface area contributed by atoms with E-state index in [2.05, 4.69) is 26.5 Å². The highest BCUT2D eigenvalue weighted by molar-refractivity contribution is 5.66. The summed E-state index contributed by atoms with van der Waals surface area (Å²) < 4.78 is 0. The minimum atomic E-state index is -0.742. The van der Waals surface area contributed by atoms with Crippen LogP contribution in [-0.2, 0) is 4.79 Å². The third-order valence-electron chi connectivity index (χ3n) is 5.83. The van der Waals surface area contributed by atoms with Crippen LogP contribution in [0.4, 0.5) is 0 Å². The van der Waals surface area contributed by atoms with E-state index in [1.54, 1.807) is 0 Å². The molecule has 1 saturated carbocycles. The summed E-state index contributed by atoms with van der Waals surface area (Å²) >= 11 is 0. The number of carboxylic acid groups (broad SMARTS) is 1. The van der Waals surface area contributed by atoms with Gasteiger partial charge in [0.05, 0.1) is 6.61 Å². The van der Waals surface area contributed by atoms with Crippen molar-refractivity contribution in [3.8, 4) is 0 Å². The molecule has 2 N–H and O–H groups in total. The fourth-order valence-electron chi connectivity index (χ4n) is 4.77. The first-order valence-electron chi connectivity index (χ1n) is 8.05. The van der Waals surface area contributed by atoms with Crippen LogP contribution < -0.4 is 0 Å². The SMILES string of the molecule is C=C(C)[C@@H]1CC[C@@]2(CO)CCCC=C2[C@@]1(C)CCC(=O)O. The number of hydrogen-bond donors (Lipinski definition) is 2. The monoisotopic (exact) mass is 292 g/mol. The van der Waals surface area contributed by atoms with Crippen molar-refractivity contribution in [2.75, 3.05) is 6.61 Å². The molecule has 0 amide bonds. The normalized spacial score (nSPS) is 35.8. The van der Waals surface area contributed by atoms with Gasteiger partial charge in [0, 0.05) is 11.8 Å². The summed E-state index contributed by atoms with van der Waals surface area (Å²) in [6.45, 7) is 8.58. The topological polar surface area (TPSA) is 57.5 Å². The molecule has 3 nitrogen and oxygen atoms in total. The van der Waals surface area contributed by atoms with Crippen molar-refractivity contribution in [3.05, 3.63) is 23.8 Å². The maximum absolute atomic E-state index is 11.1. The molecule has 0 saturated heterocycles. The van der Waals surface area contributed by atoms with Gasteiger partial charge in [-0.15, -0.1) is 0 Å². The zero-order valence-electron chi connectivity index (χ0n) is 13.3. The molecule has 21 heavy (non-hydrogen) atoms. The number of allylic oxidation sites excluding steroid dienone is 2. The lowest BCUT2D eigenvalue weighted by Crippen LogP contribution is -2.47. The summed E-state index contributed by atoms with van der Waals surface area (Å²) in [4.78, 5) is 11.1. The molecule has 1 fully saturated rings. The second-order valence-electron chi connectivity index (χ2n) is 7.20. The van der Waals surface area contributed by atoms with Crippen molar-refractivity contribution in [1.29, 1.82) is 0 Å². The smallest absolute Gasteiger partial charge is 0.303 e. The van der Waals surface area contributed by atoms with Gasteiger partial charge < -0.3 is 10.2 Å². The highest BCUT2D eigenvalue weighted by Crippen LogP contribution is 2.60. The number of hydrogen-bond acceptors (Lipinski definition) is 2. The largest absolute Gasteiger partial charge is 0.481 e. The lowest BCUT2D eigenvalue weighted by Gasteiger charge is -2.55. The average molecular weight is 292 g/mol. The van der Waals surface area contributed by atoms with Crippen molar-refractivity contribution in [1.82, 2.24) is 0 Å². The summed E-state index contributed by atoms with van der Waals surface area (Å²) in [5, 5.41) is 19.1. The molecule has 0 radical (unpaired) electrons. The Balaban J connectivity index is 2.42. The molecule has 0 aromatic rings. The van der Waals surface area contributed by atoms with Crippen LogP contribution in [0.15, 0.2) is 23.8 Å². The lowest BCUT2D eigenvalue weighted by molar-refractivity contribution is -0.137. The summed E-state index contributed by atoms with van der Waals surface area (Å²) in [5.41, 5.74) is 2.16. The molecule has 0 unspecified atom stereocenters. The van der Waals surface area contributed by atoms with Gasteiger partial charge in [0.25, 0.3) is 0 Å². The molecular weight excluding hydrogens is 264 g/mol. The van der Waals surface area contributed by atoms with Gasteiger partial charge >= 0.3 is 5.97 Å². The minimum absolute atomic E-state index is 0.114. The van der Waals surface area contributed by atoms with Crippen LogP contribution in [0.2, 0.25) is 0 Å². The van der Waals surface area contributed by atoms with Gasteiger partial charge in [-0.1, -0.05) is 30.7 Å². The molecule has 2 aliphatic rings. The predicted octanol–water partition coefficient (Wildman–Crippen LogP) is 3.93. The molecule has 3 heteroatoms. The number of aliphatic hydroxyl groups is 1. The summed E-state index contributed by atoms with van der Waals surface area (Å²) in [6, 6.07) is 0. The number of carbonyl (C=O) groups is 1. The second-order valence-corrected chi connectivity index (χ2v) is 7.20. The molecular formula is C18H28O3. The van der Waals surface area contributed by atoms with E-state index in [1.807, 2.05) is 0 Å². The van der Waals surface area contributed by atoms with Crippen LogP contribution in [0.3, 0.4) is 0 Å². The van der Waals surface area contributed by atoms with Gasteiger partial charge in [-0.05, 0) is 56.8 Å². The highest BCUT2D eigenvalue weighted by Gasteiger charge is 2.51. The van der Waals surface area contributed by atoms with Gasteiger partial charge in [-0.2, -0.15) is 0 Å². The average Bonchev–Trinajstić information content (AvgIpc) is 2.45. The first kappa shape index (κ1) is 16.3. The fraction of sp³-hybridized carbons (Fsp3) is 0.722. The quantitative estimate of drug-likeness (QED) is 0.755. The molecule has 0 aromatic carbocycles. The van der Waals surface area contributed by atoms with E-state index in [0.29, 0.717) is 12.3 Å². The maximum atomic E-state index is 11.1. The summed E-state index contributed by atoms with van der Waals surface area (Å²) in [7, 11) is 0. The van der Waals surface area contributed by atoms with Gasteiger partial charge in [0.15, 0.2) is 0 Å². The summed E-state index contributed by atoms with van der Waals surface area (Å²) in [6.07, 6.45) is 8.29. The maximum Gasteiger partial charge on any atom is 0.303 e. The van der Waals surface area contributed by atoms with Gasteiger partial charge in [0.1, 0.15) is 0 Å². The number of aliphatic carboxylic acids is 1. The number of aliphatic hydroxyl groups excluding tert-OH is 1. The Morgan fingerprint density at radius 3 is 2.76 bits per heavy atom. The van der Waals surface area contributed by atoms with Crippen LogP contribution in [0.1, 0.15) is 58.8 Å². The third kappa shape index (κ3) is 2.80. The second kappa shape index (κ2) is 5.96. The Labute approximate surface area is 127 Å². The molecule has 0 aromatic heterocycles. The van der Waals surface area contributed by atoms with Gasteiger partial charge in [-0.3, -0.25) is 4.79 Å². The number of carboxylic acids is 1. The van der Waals surface area contributed by atoms with Crippen LogP contribution in [0.5, 0.6) is 0 Å². The third-order valence-corrected chi connectivity index (χ3v) is 5.83. The van der Waals surface area contributed by atoms with Gasteiger partial charge in [0.2, 0.25) is 0 Å². The molecule has 118 valence electrons. The van der Waals surface area contributed by atoms with E-state index in [0.717, 1.165) is 37.7 Å². The Morgan fingerprint density at radius 1 is 1.48 bits per heavy atom. The van der Waals surface area contributed by atoms with Crippen LogP contribution >= 0.6 is 0 Å². The molecule has 2 rings (SSSR count). The minimum Gasteiger partial charge on any atom is -0.481 e. The molecule has 0 heterocycles. The van der Waals surface area contributed by atoms with Crippen LogP contribution in [-0.4, -0.2) is 22.8 Å². The van der Waals surface area contributed by atoms with Crippen LogP contribution in [0.25, 0.3) is 0 Å².